The van der Waals surface area contributed by atoms with Crippen molar-refractivity contribution in [1.29, 1.82) is 0 Å². The number of pyridine rings is 1. The van der Waals surface area contributed by atoms with E-state index >= 15 is 0 Å². The van der Waals surface area contributed by atoms with E-state index in [4.69, 9.17) is 0 Å². The van der Waals surface area contributed by atoms with Crippen LogP contribution in [0.1, 0.15) is 5.56 Å². The predicted molar refractivity (Wildman–Crippen MR) is 88.3 cm³/mol. The maximum absolute atomic E-state index is 12.9. The topological polar surface area (TPSA) is 91.7 Å². The first-order valence-corrected chi connectivity index (χ1v) is 7.57. The van der Waals surface area contributed by atoms with E-state index in [0.717, 1.165) is 18.3 Å². The van der Waals surface area contributed by atoms with Gasteiger partial charge in [0.25, 0.3) is 5.91 Å². The minimum Gasteiger partial charge on any atom is -0.276 e. The van der Waals surface area contributed by atoms with E-state index in [1.165, 1.54) is 30.6 Å². The van der Waals surface area contributed by atoms with Gasteiger partial charge in [0.2, 0.25) is 5.91 Å². The molecule has 1 aliphatic heterocycles. The molecule has 0 bridgehead atoms. The fourth-order valence-corrected chi connectivity index (χ4v) is 2.38. The lowest BCUT2D eigenvalue weighted by molar-refractivity contribution is -0.138. The molecule has 10 heteroatoms. The monoisotopic (exact) mass is 376 g/mol. The van der Waals surface area contributed by atoms with Gasteiger partial charge in [-0.3, -0.25) is 24.9 Å². The van der Waals surface area contributed by atoms with Gasteiger partial charge in [-0.15, -0.1) is 0 Å². The van der Waals surface area contributed by atoms with Crippen LogP contribution in [0.5, 0.6) is 0 Å². The van der Waals surface area contributed by atoms with Crippen molar-refractivity contribution in [3.8, 4) is 0 Å². The van der Waals surface area contributed by atoms with E-state index in [9.17, 15) is 27.6 Å². The van der Waals surface area contributed by atoms with Crippen molar-refractivity contribution < 1.29 is 27.6 Å². The van der Waals surface area contributed by atoms with Gasteiger partial charge < -0.3 is 0 Å². The SMILES string of the molecule is O=C1NC(=O)N(c2cccc(C(F)(F)F)c2)C(=O)[C@H]1C=Nc1ccncc1. The number of carbonyl (C=O) groups excluding carboxylic acids is 3. The lowest BCUT2D eigenvalue weighted by atomic mass is 10.1. The number of nitrogens with one attached hydrogen (secondary N) is 1. The van der Waals surface area contributed by atoms with Crippen molar-refractivity contribution in [2.75, 3.05) is 4.90 Å². The fourth-order valence-electron chi connectivity index (χ4n) is 2.38. The normalized spacial score (nSPS) is 18.1. The second-order valence-corrected chi connectivity index (χ2v) is 5.48. The van der Waals surface area contributed by atoms with Crippen molar-refractivity contribution in [2.24, 2.45) is 10.9 Å². The van der Waals surface area contributed by atoms with Gasteiger partial charge >= 0.3 is 12.2 Å². The van der Waals surface area contributed by atoms with Crippen molar-refractivity contribution >= 4 is 35.4 Å². The van der Waals surface area contributed by atoms with Gasteiger partial charge in [-0.1, -0.05) is 6.07 Å². The molecule has 2 aromatic rings. The number of halogens is 3. The first-order chi connectivity index (χ1) is 12.8. The van der Waals surface area contributed by atoms with Crippen LogP contribution in [-0.2, 0) is 15.8 Å². The molecule has 1 N–H and O–H groups in total. The molecule has 0 spiro atoms. The molecule has 0 radical (unpaired) electrons. The van der Waals surface area contributed by atoms with Crippen LogP contribution in [0.15, 0.2) is 53.8 Å². The number of imide groups is 2. The summed E-state index contributed by atoms with van der Waals surface area (Å²) in [5.41, 5.74) is -0.922. The molecule has 0 unspecified atom stereocenters. The number of hydrogen-bond donors (Lipinski definition) is 1. The molecule has 0 aliphatic carbocycles. The number of nitrogens with zero attached hydrogens (tertiary/aromatic N) is 3. The first kappa shape index (κ1) is 18.2. The molecule has 1 aromatic heterocycles. The van der Waals surface area contributed by atoms with E-state index < -0.39 is 35.5 Å². The van der Waals surface area contributed by atoms with Gasteiger partial charge in [-0.25, -0.2) is 9.69 Å². The highest BCUT2D eigenvalue weighted by Gasteiger charge is 2.41. The van der Waals surface area contributed by atoms with Crippen LogP contribution in [0.25, 0.3) is 0 Å². The molecule has 27 heavy (non-hydrogen) atoms. The van der Waals surface area contributed by atoms with Crippen LogP contribution in [0.4, 0.5) is 29.3 Å². The summed E-state index contributed by atoms with van der Waals surface area (Å²) in [7, 11) is 0. The molecule has 1 saturated heterocycles. The van der Waals surface area contributed by atoms with Gasteiger partial charge in [0, 0.05) is 18.6 Å². The maximum atomic E-state index is 12.9. The number of carbonyl (C=O) groups is 3. The Morgan fingerprint density at radius 3 is 2.48 bits per heavy atom. The summed E-state index contributed by atoms with van der Waals surface area (Å²) in [4.78, 5) is 44.9. The predicted octanol–water partition coefficient (Wildman–Crippen LogP) is 2.70. The average Bonchev–Trinajstić information content (AvgIpc) is 2.61. The molecule has 7 nitrogen and oxygen atoms in total. The Bertz CT molecular complexity index is 929. The number of rotatable bonds is 3. The van der Waals surface area contributed by atoms with Crippen molar-refractivity contribution in [3.63, 3.8) is 0 Å². The molecule has 2 heterocycles. The number of barbiturate groups is 1. The van der Waals surface area contributed by atoms with Crippen molar-refractivity contribution in [1.82, 2.24) is 10.3 Å². The molecule has 1 atom stereocenters. The van der Waals surface area contributed by atoms with Gasteiger partial charge in [0.15, 0.2) is 5.92 Å². The van der Waals surface area contributed by atoms with E-state index in [1.807, 2.05) is 5.32 Å². The average molecular weight is 376 g/mol. The Hall–Kier alpha value is -3.56. The molecule has 1 aromatic carbocycles. The van der Waals surface area contributed by atoms with Crippen LogP contribution in [0.2, 0.25) is 0 Å². The summed E-state index contributed by atoms with van der Waals surface area (Å²) in [5.74, 6) is -3.38. The highest BCUT2D eigenvalue weighted by Crippen LogP contribution is 2.32. The Kier molecular flexibility index (Phi) is 4.72. The van der Waals surface area contributed by atoms with Crippen molar-refractivity contribution in [2.45, 2.75) is 6.18 Å². The lowest BCUT2D eigenvalue weighted by Crippen LogP contribution is -2.58. The number of anilines is 1. The van der Waals surface area contributed by atoms with E-state index in [0.29, 0.717) is 16.7 Å². The molecular weight excluding hydrogens is 365 g/mol. The third-order valence-electron chi connectivity index (χ3n) is 3.67. The number of hydrogen-bond acceptors (Lipinski definition) is 5. The van der Waals surface area contributed by atoms with Crippen LogP contribution in [-0.4, -0.2) is 29.0 Å². The van der Waals surface area contributed by atoms with Crippen LogP contribution in [0, 0.1) is 5.92 Å². The minimum atomic E-state index is -4.65. The minimum absolute atomic E-state index is 0.304. The number of urea groups is 1. The Morgan fingerprint density at radius 1 is 1.11 bits per heavy atom. The summed E-state index contributed by atoms with van der Waals surface area (Å²) in [6.45, 7) is 0. The molecule has 4 amide bonds. The van der Waals surface area contributed by atoms with Crippen LogP contribution < -0.4 is 10.2 Å². The summed E-state index contributed by atoms with van der Waals surface area (Å²) < 4.78 is 38.7. The van der Waals surface area contributed by atoms with E-state index in [2.05, 4.69) is 9.98 Å². The van der Waals surface area contributed by atoms with Gasteiger partial charge in [0.1, 0.15) is 0 Å². The molecule has 1 fully saturated rings. The summed E-state index contributed by atoms with van der Waals surface area (Å²) in [6, 6.07) is 5.62. The fraction of sp³-hybridized carbons (Fsp3) is 0.118. The van der Waals surface area contributed by atoms with Crippen LogP contribution in [0.3, 0.4) is 0 Å². The highest BCUT2D eigenvalue weighted by molar-refractivity contribution is 6.32. The molecule has 138 valence electrons. The third-order valence-corrected chi connectivity index (χ3v) is 3.67. The molecule has 1 aliphatic rings. The second kappa shape index (κ2) is 6.98. The molecule has 0 saturated carbocycles. The maximum Gasteiger partial charge on any atom is 0.416 e. The molecule has 3 rings (SSSR count). The number of amides is 4. The largest absolute Gasteiger partial charge is 0.416 e. The van der Waals surface area contributed by atoms with Gasteiger partial charge in [0.05, 0.1) is 16.9 Å². The van der Waals surface area contributed by atoms with Crippen molar-refractivity contribution in [3.05, 3.63) is 54.4 Å². The van der Waals surface area contributed by atoms with Crippen LogP contribution >= 0.6 is 0 Å². The van der Waals surface area contributed by atoms with E-state index in [1.54, 1.807) is 0 Å². The zero-order chi connectivity index (χ0) is 19.6. The quantitative estimate of drug-likeness (QED) is 0.659. The molecular formula is C17H11F3N4O3. The first-order valence-electron chi connectivity index (χ1n) is 7.57. The van der Waals surface area contributed by atoms with Gasteiger partial charge in [-0.05, 0) is 30.3 Å². The smallest absolute Gasteiger partial charge is 0.276 e. The third kappa shape index (κ3) is 3.84. The van der Waals surface area contributed by atoms with Gasteiger partial charge in [-0.2, -0.15) is 13.2 Å². The Balaban J connectivity index is 1.92. The summed E-state index contributed by atoms with van der Waals surface area (Å²) >= 11 is 0. The summed E-state index contributed by atoms with van der Waals surface area (Å²) in [6.07, 6.45) is -0.717. The van der Waals surface area contributed by atoms with E-state index in [-0.39, 0.29) is 5.69 Å². The Morgan fingerprint density at radius 2 is 1.81 bits per heavy atom. The number of aliphatic imine (C=N–C) groups is 1. The Labute approximate surface area is 150 Å². The second-order valence-electron chi connectivity index (χ2n) is 5.48. The lowest BCUT2D eigenvalue weighted by Gasteiger charge is -2.28. The number of alkyl halides is 3. The highest BCUT2D eigenvalue weighted by atomic mass is 19.4. The zero-order valence-electron chi connectivity index (χ0n) is 13.5. The summed E-state index contributed by atoms with van der Waals surface area (Å²) in [5, 5.41) is 1.95. The zero-order valence-corrected chi connectivity index (χ0v) is 13.5. The standard InChI is InChI=1S/C17H11F3N4O3/c18-17(19,20)10-2-1-3-12(8-10)24-15(26)13(14(25)23-16(24)27)9-22-11-4-6-21-7-5-11/h1-9,13H,(H,23,25,27)/t13-/m0/s1. The number of benzene rings is 1. The number of aromatic nitrogens is 1.